The number of imidazole rings is 1. The van der Waals surface area contributed by atoms with Gasteiger partial charge >= 0.3 is 0 Å². The number of amides is 1. The van der Waals surface area contributed by atoms with Crippen LogP contribution >= 0.6 is 22.9 Å². The second-order valence-electron chi connectivity index (χ2n) is 6.13. The molecule has 0 saturated carbocycles. The van der Waals surface area contributed by atoms with Crippen LogP contribution in [-0.2, 0) is 11.3 Å². The van der Waals surface area contributed by atoms with Gasteiger partial charge in [-0.05, 0) is 25.8 Å². The molecule has 2 fully saturated rings. The molecule has 2 aromatic rings. The minimum absolute atomic E-state index is 0.328. The third-order valence-corrected chi connectivity index (χ3v) is 5.78. The fourth-order valence-corrected chi connectivity index (χ4v) is 4.66. The second kappa shape index (κ2) is 5.83. The van der Waals surface area contributed by atoms with Crippen molar-refractivity contribution in [3.63, 3.8) is 0 Å². The molecule has 118 valence electrons. The number of halogens is 1. The number of hydrogen-bond donors (Lipinski definition) is 0. The smallest absolute Gasteiger partial charge is 0.222 e. The molecule has 0 N–H and O–H groups in total. The predicted octanol–water partition coefficient (Wildman–Crippen LogP) is 2.64. The van der Waals surface area contributed by atoms with Crippen molar-refractivity contribution in [2.45, 2.75) is 38.3 Å². The lowest BCUT2D eigenvalue weighted by atomic mass is 10.0. The molecule has 2 aromatic heterocycles. The fraction of sp³-hybridized carbons (Fsp3) is 0.600. The van der Waals surface area contributed by atoms with E-state index in [0.717, 1.165) is 62.5 Å². The fourth-order valence-electron chi connectivity index (χ4n) is 3.64. The van der Waals surface area contributed by atoms with Gasteiger partial charge in [0.15, 0.2) is 10.1 Å². The van der Waals surface area contributed by atoms with E-state index in [1.54, 1.807) is 11.3 Å². The predicted molar refractivity (Wildman–Crippen MR) is 87.3 cm³/mol. The first-order valence-corrected chi connectivity index (χ1v) is 9.10. The topological polar surface area (TPSA) is 40.9 Å². The van der Waals surface area contributed by atoms with Gasteiger partial charge in [-0.25, -0.2) is 4.98 Å². The van der Waals surface area contributed by atoms with E-state index in [0.29, 0.717) is 17.1 Å². The average molecular weight is 339 g/mol. The van der Waals surface area contributed by atoms with Gasteiger partial charge in [0.25, 0.3) is 0 Å². The standard InChI is InChI=1S/C15H19ClN4OS/c16-14-12(20-7-8-22-15(20)17-14)10-18-5-1-3-11(9-18)19-6-2-4-13(19)21/h7-8,11H,1-6,9-10H2. The number of rotatable bonds is 3. The molecule has 7 heteroatoms. The molecular weight excluding hydrogens is 320 g/mol. The van der Waals surface area contributed by atoms with Crippen LogP contribution in [0.4, 0.5) is 0 Å². The number of carbonyl (C=O) groups is 1. The number of likely N-dealkylation sites (tertiary alicyclic amines) is 2. The molecule has 2 saturated heterocycles. The Bertz CT molecular complexity index is 697. The van der Waals surface area contributed by atoms with Crippen LogP contribution in [0.25, 0.3) is 4.96 Å². The minimum Gasteiger partial charge on any atom is -0.338 e. The van der Waals surface area contributed by atoms with Crippen molar-refractivity contribution in [3.8, 4) is 0 Å². The quantitative estimate of drug-likeness (QED) is 0.864. The summed E-state index contributed by atoms with van der Waals surface area (Å²) in [5.74, 6) is 0.328. The Balaban J connectivity index is 1.49. The van der Waals surface area contributed by atoms with E-state index >= 15 is 0 Å². The molecule has 1 amide bonds. The molecule has 2 aliphatic rings. The number of thiazole rings is 1. The van der Waals surface area contributed by atoms with Crippen LogP contribution in [0.1, 0.15) is 31.4 Å². The zero-order valence-corrected chi connectivity index (χ0v) is 13.9. The molecule has 4 heterocycles. The normalized spacial score (nSPS) is 23.8. The summed E-state index contributed by atoms with van der Waals surface area (Å²) in [6.07, 6.45) is 6.02. The maximum absolute atomic E-state index is 12.0. The first kappa shape index (κ1) is 14.5. The molecule has 0 aromatic carbocycles. The van der Waals surface area contributed by atoms with Crippen molar-refractivity contribution in [2.75, 3.05) is 19.6 Å². The van der Waals surface area contributed by atoms with Gasteiger partial charge in [0.2, 0.25) is 5.91 Å². The summed E-state index contributed by atoms with van der Waals surface area (Å²) >= 11 is 7.90. The van der Waals surface area contributed by atoms with Crippen LogP contribution in [-0.4, -0.2) is 50.8 Å². The molecule has 1 unspecified atom stereocenters. The maximum Gasteiger partial charge on any atom is 0.222 e. The van der Waals surface area contributed by atoms with Crippen molar-refractivity contribution in [2.24, 2.45) is 0 Å². The molecule has 5 nitrogen and oxygen atoms in total. The molecule has 0 aliphatic carbocycles. The molecule has 4 rings (SSSR count). The maximum atomic E-state index is 12.0. The third kappa shape index (κ3) is 2.53. The van der Waals surface area contributed by atoms with Crippen molar-refractivity contribution in [1.29, 1.82) is 0 Å². The first-order valence-electron chi connectivity index (χ1n) is 7.84. The van der Waals surface area contributed by atoms with E-state index in [2.05, 4.69) is 19.2 Å². The minimum atomic E-state index is 0.328. The first-order chi connectivity index (χ1) is 10.7. The van der Waals surface area contributed by atoms with Crippen LogP contribution in [0.15, 0.2) is 11.6 Å². The van der Waals surface area contributed by atoms with Gasteiger partial charge < -0.3 is 4.90 Å². The summed E-state index contributed by atoms with van der Waals surface area (Å²) in [6.45, 7) is 3.74. The van der Waals surface area contributed by atoms with Crippen molar-refractivity contribution in [3.05, 3.63) is 22.4 Å². The van der Waals surface area contributed by atoms with Crippen molar-refractivity contribution >= 4 is 33.8 Å². The third-order valence-electron chi connectivity index (χ3n) is 4.72. The Morgan fingerprint density at radius 2 is 2.27 bits per heavy atom. The molecular formula is C15H19ClN4OS. The van der Waals surface area contributed by atoms with E-state index in [4.69, 9.17) is 11.6 Å². The summed E-state index contributed by atoms with van der Waals surface area (Å²) < 4.78 is 2.08. The molecule has 0 bridgehead atoms. The Hall–Kier alpha value is -1.11. The lowest BCUT2D eigenvalue weighted by Crippen LogP contribution is -2.48. The Kier molecular flexibility index (Phi) is 3.84. The zero-order chi connectivity index (χ0) is 15.1. The number of nitrogens with zero attached hydrogens (tertiary/aromatic N) is 4. The van der Waals surface area contributed by atoms with Crippen molar-refractivity contribution in [1.82, 2.24) is 19.2 Å². The summed E-state index contributed by atoms with van der Waals surface area (Å²) in [5, 5.41) is 2.63. The summed E-state index contributed by atoms with van der Waals surface area (Å²) in [5.41, 5.74) is 1.06. The lowest BCUT2D eigenvalue weighted by Gasteiger charge is -2.37. The zero-order valence-electron chi connectivity index (χ0n) is 12.4. The van der Waals surface area contributed by atoms with Gasteiger partial charge in [-0.2, -0.15) is 0 Å². The monoisotopic (exact) mass is 338 g/mol. The SMILES string of the molecule is O=C1CCCN1C1CCCN(Cc2c(Cl)nc3sccn23)C1. The van der Waals surface area contributed by atoms with Crippen LogP contribution in [0, 0.1) is 0 Å². The number of hydrogen-bond acceptors (Lipinski definition) is 4. The van der Waals surface area contributed by atoms with E-state index in [9.17, 15) is 4.79 Å². The number of carbonyl (C=O) groups excluding carboxylic acids is 1. The highest BCUT2D eigenvalue weighted by atomic mass is 35.5. The van der Waals surface area contributed by atoms with Gasteiger partial charge in [0.05, 0.1) is 5.69 Å². The summed E-state index contributed by atoms with van der Waals surface area (Å²) in [7, 11) is 0. The second-order valence-corrected chi connectivity index (χ2v) is 7.36. The Labute approximate surface area is 138 Å². The van der Waals surface area contributed by atoms with Crippen LogP contribution < -0.4 is 0 Å². The van der Waals surface area contributed by atoms with Gasteiger partial charge in [0, 0.05) is 43.7 Å². The van der Waals surface area contributed by atoms with E-state index in [-0.39, 0.29) is 0 Å². The Morgan fingerprint density at radius 1 is 1.36 bits per heavy atom. The van der Waals surface area contributed by atoms with Crippen LogP contribution in [0.3, 0.4) is 0 Å². The van der Waals surface area contributed by atoms with E-state index < -0.39 is 0 Å². The van der Waals surface area contributed by atoms with Gasteiger partial charge in [-0.3, -0.25) is 14.1 Å². The van der Waals surface area contributed by atoms with E-state index in [1.807, 2.05) is 11.6 Å². The highest BCUT2D eigenvalue weighted by Crippen LogP contribution is 2.26. The molecule has 0 spiro atoms. The summed E-state index contributed by atoms with van der Waals surface area (Å²) in [4.78, 5) is 21.8. The van der Waals surface area contributed by atoms with Gasteiger partial charge in [-0.15, -0.1) is 11.3 Å². The van der Waals surface area contributed by atoms with E-state index in [1.165, 1.54) is 0 Å². The molecule has 2 aliphatic heterocycles. The van der Waals surface area contributed by atoms with Gasteiger partial charge in [-0.1, -0.05) is 11.6 Å². The Morgan fingerprint density at radius 3 is 3.09 bits per heavy atom. The molecule has 1 atom stereocenters. The average Bonchev–Trinajstić information content (AvgIpc) is 3.19. The highest BCUT2D eigenvalue weighted by molar-refractivity contribution is 7.15. The van der Waals surface area contributed by atoms with Crippen molar-refractivity contribution < 1.29 is 4.79 Å². The van der Waals surface area contributed by atoms with Gasteiger partial charge in [0.1, 0.15) is 0 Å². The number of aromatic nitrogens is 2. The molecule has 22 heavy (non-hydrogen) atoms. The molecule has 0 radical (unpaired) electrons. The number of fused-ring (bicyclic) bond motifs is 1. The highest BCUT2D eigenvalue weighted by Gasteiger charge is 2.31. The largest absolute Gasteiger partial charge is 0.338 e. The van der Waals surface area contributed by atoms with Crippen LogP contribution in [0.2, 0.25) is 5.15 Å². The summed E-state index contributed by atoms with van der Waals surface area (Å²) in [6, 6.07) is 0.369. The lowest BCUT2D eigenvalue weighted by molar-refractivity contribution is -0.130. The van der Waals surface area contributed by atoms with Crippen LogP contribution in [0.5, 0.6) is 0 Å². The number of piperidine rings is 1.